The van der Waals surface area contributed by atoms with E-state index in [1.54, 1.807) is 36.5 Å². The van der Waals surface area contributed by atoms with Crippen molar-refractivity contribution in [1.29, 1.82) is 0 Å². The number of benzene rings is 2. The second-order valence-electron chi connectivity index (χ2n) is 9.47. The number of anilines is 2. The quantitative estimate of drug-likeness (QED) is 0.366. The average Bonchev–Trinajstić information content (AvgIpc) is 3.49. The van der Waals surface area contributed by atoms with Crippen LogP contribution in [0.3, 0.4) is 0 Å². The SMILES string of the molecule is COc1ncncc1-c1nc2c(n1C(C)C)[C@@]1(C(=O)Nc3cc(Cl)ccc31)N(c1cc(Cl)ccc1C)C2=O. The lowest BCUT2D eigenvalue weighted by atomic mass is 9.86. The van der Waals surface area contributed by atoms with E-state index in [1.807, 2.05) is 31.4 Å². The summed E-state index contributed by atoms with van der Waals surface area (Å²) >= 11 is 12.7. The number of ether oxygens (including phenoxy) is 1. The fraction of sp³-hybridized carbons (Fsp3) is 0.222. The van der Waals surface area contributed by atoms with Crippen LogP contribution in [-0.2, 0) is 10.3 Å². The van der Waals surface area contributed by atoms with Gasteiger partial charge in [-0.2, -0.15) is 0 Å². The van der Waals surface area contributed by atoms with Crippen LogP contribution in [0.5, 0.6) is 5.88 Å². The molecule has 2 aromatic carbocycles. The summed E-state index contributed by atoms with van der Waals surface area (Å²) in [6.45, 7) is 5.79. The molecule has 1 spiro atoms. The summed E-state index contributed by atoms with van der Waals surface area (Å²) in [5.41, 5.74) is 1.91. The number of imidazole rings is 1. The Morgan fingerprint density at radius 3 is 2.55 bits per heavy atom. The summed E-state index contributed by atoms with van der Waals surface area (Å²) in [6, 6.07) is 10.2. The Hall–Kier alpha value is -3.95. The van der Waals surface area contributed by atoms with Gasteiger partial charge >= 0.3 is 0 Å². The van der Waals surface area contributed by atoms with Gasteiger partial charge in [0, 0.05) is 33.5 Å². The number of hydrogen-bond acceptors (Lipinski definition) is 6. The van der Waals surface area contributed by atoms with Gasteiger partial charge in [-0.25, -0.2) is 15.0 Å². The van der Waals surface area contributed by atoms with Crippen LogP contribution in [-0.4, -0.2) is 38.4 Å². The van der Waals surface area contributed by atoms with Crippen molar-refractivity contribution in [1.82, 2.24) is 19.5 Å². The third kappa shape index (κ3) is 3.15. The molecule has 1 atom stereocenters. The number of hydrogen-bond donors (Lipinski definition) is 1. The van der Waals surface area contributed by atoms with E-state index < -0.39 is 17.4 Å². The van der Waals surface area contributed by atoms with E-state index in [1.165, 1.54) is 18.3 Å². The fourth-order valence-corrected chi connectivity index (χ4v) is 5.80. The van der Waals surface area contributed by atoms with E-state index in [2.05, 4.69) is 15.3 Å². The molecule has 192 valence electrons. The molecular weight excluding hydrogens is 527 g/mol. The highest BCUT2D eigenvalue weighted by molar-refractivity contribution is 6.32. The maximum atomic E-state index is 14.4. The molecule has 11 heteroatoms. The van der Waals surface area contributed by atoms with Crippen molar-refractivity contribution in [2.24, 2.45) is 0 Å². The van der Waals surface area contributed by atoms with Crippen LogP contribution in [0.4, 0.5) is 11.4 Å². The normalized spacial score (nSPS) is 17.8. The molecule has 2 aliphatic heterocycles. The minimum absolute atomic E-state index is 0.150. The lowest BCUT2D eigenvalue weighted by molar-refractivity contribution is -0.119. The third-order valence-electron chi connectivity index (χ3n) is 6.98. The third-order valence-corrected chi connectivity index (χ3v) is 7.45. The molecule has 38 heavy (non-hydrogen) atoms. The lowest BCUT2D eigenvalue weighted by Gasteiger charge is -2.36. The molecule has 9 nitrogen and oxygen atoms in total. The Morgan fingerprint density at radius 1 is 1.08 bits per heavy atom. The molecule has 4 heterocycles. The first-order chi connectivity index (χ1) is 18.2. The zero-order valence-corrected chi connectivity index (χ0v) is 22.4. The topological polar surface area (TPSA) is 102 Å². The highest BCUT2D eigenvalue weighted by Gasteiger charge is 2.64. The Labute approximate surface area is 228 Å². The van der Waals surface area contributed by atoms with Crippen LogP contribution >= 0.6 is 23.2 Å². The molecule has 6 rings (SSSR count). The van der Waals surface area contributed by atoms with Gasteiger partial charge in [-0.3, -0.25) is 14.5 Å². The van der Waals surface area contributed by atoms with Gasteiger partial charge in [0.25, 0.3) is 11.8 Å². The van der Waals surface area contributed by atoms with Gasteiger partial charge in [0.2, 0.25) is 5.88 Å². The number of amides is 2. The van der Waals surface area contributed by atoms with Crippen LogP contribution in [0.25, 0.3) is 11.4 Å². The maximum Gasteiger partial charge on any atom is 0.280 e. The Balaban J connectivity index is 1.75. The molecule has 2 aliphatic rings. The molecule has 0 aliphatic carbocycles. The number of aromatic nitrogens is 4. The monoisotopic (exact) mass is 548 g/mol. The Bertz CT molecular complexity index is 1670. The van der Waals surface area contributed by atoms with E-state index in [0.717, 1.165) is 5.56 Å². The minimum Gasteiger partial charge on any atom is -0.480 e. The van der Waals surface area contributed by atoms with Gasteiger partial charge in [0.1, 0.15) is 12.2 Å². The summed E-state index contributed by atoms with van der Waals surface area (Å²) < 4.78 is 7.37. The highest BCUT2D eigenvalue weighted by atomic mass is 35.5. The number of carbonyl (C=O) groups is 2. The standard InChI is InChI=1S/C27H22Cl2N6O3/c1-13(2)34-22-21(33-23(34)17-11-30-12-31-24(17)38-4)25(36)35(20-10-16(29)6-5-14(20)3)27(22)18-8-7-15(28)9-19(18)32-26(27)37/h5-13H,1-4H3,(H,32,37)/t27-/m0/s1. The second-order valence-corrected chi connectivity index (χ2v) is 10.3. The number of rotatable bonds is 4. The first kappa shape index (κ1) is 24.4. The number of aryl methyl sites for hydroxylation is 1. The van der Waals surface area contributed by atoms with Crippen molar-refractivity contribution in [2.45, 2.75) is 32.4 Å². The van der Waals surface area contributed by atoms with Crippen molar-refractivity contribution in [3.63, 3.8) is 0 Å². The number of methoxy groups -OCH3 is 1. The molecule has 1 N–H and O–H groups in total. The Morgan fingerprint density at radius 2 is 1.82 bits per heavy atom. The maximum absolute atomic E-state index is 14.4. The number of fused-ring (bicyclic) bond motifs is 4. The summed E-state index contributed by atoms with van der Waals surface area (Å²) in [5, 5.41) is 3.86. The first-order valence-electron chi connectivity index (χ1n) is 11.9. The molecule has 0 radical (unpaired) electrons. The second kappa shape index (κ2) is 8.54. The van der Waals surface area contributed by atoms with Crippen molar-refractivity contribution < 1.29 is 14.3 Å². The summed E-state index contributed by atoms with van der Waals surface area (Å²) in [5.74, 6) is -0.101. The molecule has 0 saturated heterocycles. The minimum atomic E-state index is -1.57. The van der Waals surface area contributed by atoms with Crippen LogP contribution in [0.15, 0.2) is 48.9 Å². The van der Waals surface area contributed by atoms with Crippen LogP contribution in [0, 0.1) is 6.92 Å². The van der Waals surface area contributed by atoms with E-state index in [-0.39, 0.29) is 11.7 Å². The van der Waals surface area contributed by atoms with Crippen molar-refractivity contribution in [3.8, 4) is 17.3 Å². The molecular formula is C27H22Cl2N6O3. The fourth-order valence-electron chi connectivity index (χ4n) is 5.46. The molecule has 4 aromatic rings. The molecule has 2 aromatic heterocycles. The summed E-state index contributed by atoms with van der Waals surface area (Å²) in [6.07, 6.45) is 2.96. The van der Waals surface area contributed by atoms with Crippen molar-refractivity contribution in [2.75, 3.05) is 17.3 Å². The average molecular weight is 549 g/mol. The predicted octanol–water partition coefficient (Wildman–Crippen LogP) is 5.40. The number of nitrogens with one attached hydrogen (secondary N) is 1. The zero-order valence-electron chi connectivity index (χ0n) is 20.9. The Kier molecular flexibility index (Phi) is 5.48. The molecule has 0 saturated carbocycles. The lowest BCUT2D eigenvalue weighted by Crippen LogP contribution is -2.51. The molecule has 0 unspecified atom stereocenters. The van der Waals surface area contributed by atoms with E-state index in [9.17, 15) is 9.59 Å². The van der Waals surface area contributed by atoms with E-state index in [0.29, 0.717) is 49.9 Å². The highest BCUT2D eigenvalue weighted by Crippen LogP contribution is 2.55. The van der Waals surface area contributed by atoms with Gasteiger partial charge in [0.15, 0.2) is 11.2 Å². The van der Waals surface area contributed by atoms with Crippen molar-refractivity contribution >= 4 is 46.4 Å². The molecule has 0 bridgehead atoms. The number of carbonyl (C=O) groups excluding carboxylic acids is 2. The van der Waals surface area contributed by atoms with E-state index >= 15 is 0 Å². The smallest absolute Gasteiger partial charge is 0.280 e. The predicted molar refractivity (Wildman–Crippen MR) is 144 cm³/mol. The van der Waals surface area contributed by atoms with Gasteiger partial charge in [-0.15, -0.1) is 0 Å². The van der Waals surface area contributed by atoms with Crippen LogP contribution < -0.4 is 15.0 Å². The summed E-state index contributed by atoms with van der Waals surface area (Å²) in [7, 11) is 1.50. The first-order valence-corrected chi connectivity index (χ1v) is 12.6. The molecule has 2 amide bonds. The number of nitrogens with zero attached hydrogens (tertiary/aromatic N) is 5. The van der Waals surface area contributed by atoms with Gasteiger partial charge in [-0.1, -0.05) is 35.3 Å². The van der Waals surface area contributed by atoms with Gasteiger partial charge in [0.05, 0.1) is 24.1 Å². The van der Waals surface area contributed by atoms with E-state index in [4.69, 9.17) is 32.9 Å². The van der Waals surface area contributed by atoms with Gasteiger partial charge < -0.3 is 14.6 Å². The van der Waals surface area contributed by atoms with Crippen LogP contribution in [0.1, 0.15) is 47.2 Å². The van der Waals surface area contributed by atoms with Crippen molar-refractivity contribution in [3.05, 3.63) is 81.5 Å². The largest absolute Gasteiger partial charge is 0.480 e. The summed E-state index contributed by atoms with van der Waals surface area (Å²) in [4.78, 5) is 43.3. The van der Waals surface area contributed by atoms with Gasteiger partial charge in [-0.05, 0) is 50.6 Å². The molecule has 0 fully saturated rings. The number of halogens is 2. The zero-order chi connectivity index (χ0) is 26.9. The van der Waals surface area contributed by atoms with Crippen LogP contribution in [0.2, 0.25) is 10.0 Å².